The van der Waals surface area contributed by atoms with Crippen molar-refractivity contribution in [1.82, 2.24) is 26.2 Å². The van der Waals surface area contributed by atoms with Gasteiger partial charge in [-0.05, 0) is 50.8 Å². The Bertz CT molecular complexity index is 966. The molecule has 11 heteroatoms. The Balaban J connectivity index is 1.91. The number of ketones is 1. The number of urea groups is 1. The van der Waals surface area contributed by atoms with E-state index in [4.69, 9.17) is 16.3 Å². The van der Waals surface area contributed by atoms with Crippen LogP contribution in [0, 0.1) is 5.92 Å². The van der Waals surface area contributed by atoms with Gasteiger partial charge >= 0.3 is 6.03 Å². The lowest BCUT2D eigenvalue weighted by Crippen LogP contribution is -2.55. The van der Waals surface area contributed by atoms with E-state index in [0.29, 0.717) is 29.3 Å². The summed E-state index contributed by atoms with van der Waals surface area (Å²) in [6.45, 7) is 8.94. The van der Waals surface area contributed by atoms with Crippen molar-refractivity contribution < 1.29 is 23.9 Å². The summed E-state index contributed by atoms with van der Waals surface area (Å²) in [4.78, 5) is 53.5. The van der Waals surface area contributed by atoms with Gasteiger partial charge in [-0.2, -0.15) is 0 Å². The molecular formula is C28H44ClN5O5. The summed E-state index contributed by atoms with van der Waals surface area (Å²) in [5.74, 6) is -1.57. The lowest BCUT2D eigenvalue weighted by Gasteiger charge is -2.24. The highest BCUT2D eigenvalue weighted by Crippen LogP contribution is 2.28. The van der Waals surface area contributed by atoms with Gasteiger partial charge in [-0.3, -0.25) is 14.4 Å². The van der Waals surface area contributed by atoms with Crippen molar-refractivity contribution in [2.75, 3.05) is 33.3 Å². The van der Waals surface area contributed by atoms with Crippen LogP contribution in [0.25, 0.3) is 0 Å². The van der Waals surface area contributed by atoms with Crippen molar-refractivity contribution in [3.8, 4) is 5.75 Å². The molecule has 4 amide bonds. The number of carbonyl (C=O) groups is 4. The van der Waals surface area contributed by atoms with Gasteiger partial charge in [0.05, 0.1) is 18.2 Å². The lowest BCUT2D eigenvalue weighted by atomic mass is 10.0. The number of likely N-dealkylation sites (tertiary alicyclic amines) is 1. The number of nitrogens with one attached hydrogen (secondary N) is 4. The van der Waals surface area contributed by atoms with Crippen LogP contribution in [-0.2, 0) is 20.9 Å². The summed E-state index contributed by atoms with van der Waals surface area (Å²) in [6.07, 6.45) is 5.44. The van der Waals surface area contributed by atoms with Crippen molar-refractivity contribution in [1.29, 1.82) is 0 Å². The number of methoxy groups -OCH3 is 1. The van der Waals surface area contributed by atoms with Gasteiger partial charge in [0.25, 0.3) is 5.91 Å². The van der Waals surface area contributed by atoms with Crippen LogP contribution in [0.2, 0.25) is 5.02 Å². The van der Waals surface area contributed by atoms with Crippen molar-refractivity contribution in [3.63, 3.8) is 0 Å². The summed E-state index contributed by atoms with van der Waals surface area (Å²) in [5.41, 5.74) is 0.617. The summed E-state index contributed by atoms with van der Waals surface area (Å²) >= 11 is 6.12. The van der Waals surface area contributed by atoms with Gasteiger partial charge in [-0.15, -0.1) is 0 Å². The normalized spacial score (nSPS) is 15.5. The largest absolute Gasteiger partial charge is 0.495 e. The fourth-order valence-electron chi connectivity index (χ4n) is 4.57. The predicted molar refractivity (Wildman–Crippen MR) is 152 cm³/mol. The highest BCUT2D eigenvalue weighted by atomic mass is 35.5. The van der Waals surface area contributed by atoms with E-state index in [1.807, 2.05) is 13.8 Å². The average Bonchev–Trinajstić information content (AvgIpc) is 3.18. The molecule has 1 aliphatic rings. The molecule has 0 aromatic heterocycles. The third kappa shape index (κ3) is 11.0. The number of halogens is 1. The zero-order valence-corrected chi connectivity index (χ0v) is 24.4. The second kappa shape index (κ2) is 17.0. The number of hydrogen-bond acceptors (Lipinski definition) is 6. The molecule has 2 atom stereocenters. The van der Waals surface area contributed by atoms with Crippen molar-refractivity contribution in [2.24, 2.45) is 5.92 Å². The molecule has 1 aromatic carbocycles. The van der Waals surface area contributed by atoms with E-state index in [1.165, 1.54) is 32.8 Å². The molecule has 0 saturated carbocycles. The molecule has 4 N–H and O–H groups in total. The first-order valence-electron chi connectivity index (χ1n) is 13.9. The number of Topliss-reactive ketones (excluding diaryl/α,β-unsaturated/α-hetero) is 1. The minimum atomic E-state index is -1.03. The van der Waals surface area contributed by atoms with Gasteiger partial charge < -0.3 is 30.9 Å². The van der Waals surface area contributed by atoms with Crippen molar-refractivity contribution in [3.05, 3.63) is 28.8 Å². The molecule has 0 bridgehead atoms. The maximum absolute atomic E-state index is 13.1. The van der Waals surface area contributed by atoms with Gasteiger partial charge in [-0.25, -0.2) is 4.79 Å². The van der Waals surface area contributed by atoms with E-state index in [2.05, 4.69) is 26.2 Å². The summed E-state index contributed by atoms with van der Waals surface area (Å²) < 4.78 is 5.27. The van der Waals surface area contributed by atoms with E-state index < -0.39 is 35.7 Å². The number of benzene rings is 1. The van der Waals surface area contributed by atoms with E-state index in [0.717, 1.165) is 19.6 Å². The van der Waals surface area contributed by atoms with Crippen LogP contribution in [-0.4, -0.2) is 73.9 Å². The second-order valence-corrected chi connectivity index (χ2v) is 10.7. The van der Waals surface area contributed by atoms with Gasteiger partial charge in [0.1, 0.15) is 11.8 Å². The highest BCUT2D eigenvalue weighted by Gasteiger charge is 2.29. The molecule has 1 fully saturated rings. The van der Waals surface area contributed by atoms with Crippen LogP contribution in [0.3, 0.4) is 0 Å². The molecule has 1 unspecified atom stereocenters. The molecule has 1 aliphatic heterocycles. The zero-order chi connectivity index (χ0) is 28.8. The third-order valence-corrected chi connectivity index (χ3v) is 7.00. The lowest BCUT2D eigenvalue weighted by molar-refractivity contribution is -0.140. The zero-order valence-electron chi connectivity index (χ0n) is 23.6. The number of ether oxygens (including phenoxy) is 1. The van der Waals surface area contributed by atoms with Crippen LogP contribution in [0.5, 0.6) is 5.75 Å². The Labute approximate surface area is 236 Å². The molecule has 218 valence electrons. The van der Waals surface area contributed by atoms with Crippen LogP contribution in [0.1, 0.15) is 64.9 Å². The Kier molecular flexibility index (Phi) is 14.1. The SMILES string of the molecule is CCC(NC(=O)[C@H](CC(C)C)NC(=O)NCCN1CCCCCC1)C(=O)C(=O)NCc1cccc(Cl)c1OC. The molecular weight excluding hydrogens is 522 g/mol. The highest BCUT2D eigenvalue weighted by molar-refractivity contribution is 6.38. The first-order valence-corrected chi connectivity index (χ1v) is 14.2. The first kappa shape index (κ1) is 32.4. The van der Waals surface area contributed by atoms with Gasteiger partial charge in [0.15, 0.2) is 0 Å². The summed E-state index contributed by atoms with van der Waals surface area (Å²) in [6, 6.07) is 2.81. The maximum atomic E-state index is 13.1. The smallest absolute Gasteiger partial charge is 0.315 e. The summed E-state index contributed by atoms with van der Waals surface area (Å²) in [7, 11) is 1.47. The Morgan fingerprint density at radius 3 is 2.31 bits per heavy atom. The average molecular weight is 566 g/mol. The molecule has 2 rings (SSSR count). The first-order chi connectivity index (χ1) is 18.7. The fraction of sp³-hybridized carbons (Fsp3) is 0.643. The molecule has 10 nitrogen and oxygen atoms in total. The maximum Gasteiger partial charge on any atom is 0.315 e. The molecule has 0 radical (unpaired) electrons. The number of carbonyl (C=O) groups excluding carboxylic acids is 4. The predicted octanol–water partition coefficient (Wildman–Crippen LogP) is 3.02. The standard InChI is InChI=1S/C28H44ClN5O5/c1-5-22(24(35)27(37)31-18-20-11-10-12-21(29)25(20)39-4)32-26(36)23(17-19(2)3)33-28(38)30-13-16-34-14-8-6-7-9-15-34/h10-12,19,22-23H,5-9,13-18H2,1-4H3,(H,31,37)(H,32,36)(H2,30,33,38)/t22?,23-/m0/s1. The van der Waals surface area contributed by atoms with Crippen LogP contribution >= 0.6 is 11.6 Å². The monoisotopic (exact) mass is 565 g/mol. The topological polar surface area (TPSA) is 129 Å². The van der Waals surface area contributed by atoms with E-state index >= 15 is 0 Å². The molecule has 39 heavy (non-hydrogen) atoms. The van der Waals surface area contributed by atoms with E-state index in [1.54, 1.807) is 25.1 Å². The minimum absolute atomic E-state index is 0.0355. The molecule has 0 spiro atoms. The third-order valence-electron chi connectivity index (χ3n) is 6.70. The molecule has 0 aliphatic carbocycles. The number of amides is 4. The Morgan fingerprint density at radius 2 is 1.69 bits per heavy atom. The Hall–Kier alpha value is -2.85. The van der Waals surface area contributed by atoms with E-state index in [9.17, 15) is 19.2 Å². The van der Waals surface area contributed by atoms with Gasteiger partial charge in [0, 0.05) is 25.2 Å². The van der Waals surface area contributed by atoms with Crippen LogP contribution < -0.4 is 26.0 Å². The number of para-hydroxylation sites is 1. The Morgan fingerprint density at radius 1 is 1.00 bits per heavy atom. The molecule has 1 heterocycles. The quantitative estimate of drug-likeness (QED) is 0.257. The number of rotatable bonds is 14. The van der Waals surface area contributed by atoms with Crippen molar-refractivity contribution in [2.45, 2.75) is 77.9 Å². The minimum Gasteiger partial charge on any atom is -0.495 e. The van der Waals surface area contributed by atoms with Crippen molar-refractivity contribution >= 4 is 35.2 Å². The second-order valence-electron chi connectivity index (χ2n) is 10.3. The number of nitrogens with zero attached hydrogens (tertiary/aromatic N) is 1. The fourth-order valence-corrected chi connectivity index (χ4v) is 4.84. The van der Waals surface area contributed by atoms with Crippen LogP contribution in [0.4, 0.5) is 4.79 Å². The van der Waals surface area contributed by atoms with Gasteiger partial charge in [0.2, 0.25) is 11.7 Å². The summed E-state index contributed by atoms with van der Waals surface area (Å²) in [5, 5.41) is 11.2. The molecule has 1 saturated heterocycles. The van der Waals surface area contributed by atoms with Crippen LogP contribution in [0.15, 0.2) is 18.2 Å². The van der Waals surface area contributed by atoms with Gasteiger partial charge in [-0.1, -0.05) is 57.3 Å². The molecule has 1 aromatic rings. The number of hydrogen-bond donors (Lipinski definition) is 4. The van der Waals surface area contributed by atoms with E-state index in [-0.39, 0.29) is 18.9 Å².